The van der Waals surface area contributed by atoms with Crippen LogP contribution in [0, 0.1) is 0 Å². The molecule has 3 aromatic rings. The first kappa shape index (κ1) is 29.4. The first-order valence-electron chi connectivity index (χ1n) is 10.9. The number of thiophene rings is 2. The first-order valence-corrected chi connectivity index (χ1v) is 25.7. The van der Waals surface area contributed by atoms with Crippen molar-refractivity contribution in [1.82, 2.24) is 0 Å². The highest BCUT2D eigenvalue weighted by atomic mass is 32.4. The second-order valence-corrected chi connectivity index (χ2v) is 34.6. The van der Waals surface area contributed by atoms with Crippen LogP contribution in [0.15, 0.2) is 42.5 Å². The number of hydrogen-bond acceptors (Lipinski definition) is 6. The molecule has 2 heterocycles. The van der Waals surface area contributed by atoms with Gasteiger partial charge in [-0.1, -0.05) is 55.5 Å². The van der Waals surface area contributed by atoms with Crippen LogP contribution in [0.3, 0.4) is 0 Å². The number of anilines is 1. The van der Waals surface area contributed by atoms with Crippen molar-refractivity contribution in [2.45, 2.75) is 0 Å². The van der Waals surface area contributed by atoms with E-state index in [0.29, 0.717) is 0 Å². The Morgan fingerprint density at radius 2 is 1.26 bits per heavy atom. The second-order valence-electron chi connectivity index (χ2n) is 10.2. The van der Waals surface area contributed by atoms with Gasteiger partial charge in [-0.15, -0.1) is 22.7 Å². The van der Waals surface area contributed by atoms with E-state index >= 15 is 0 Å². The van der Waals surface area contributed by atoms with E-state index in [1.165, 1.54) is 31.2 Å². The Hall–Kier alpha value is 0.800. The Morgan fingerprint density at radius 1 is 0.735 bits per heavy atom. The first-order chi connectivity index (χ1) is 15.5. The van der Waals surface area contributed by atoms with Gasteiger partial charge in [0, 0.05) is 56.1 Å². The van der Waals surface area contributed by atoms with E-state index in [0.717, 1.165) is 11.8 Å². The van der Waals surface area contributed by atoms with Gasteiger partial charge in [0.1, 0.15) is 0 Å². The smallest absolute Gasteiger partial charge is 0.0456 e. The molecule has 1 nitrogen and oxygen atoms in total. The zero-order chi connectivity index (χ0) is 25.5. The molecule has 34 heavy (non-hydrogen) atoms. The summed E-state index contributed by atoms with van der Waals surface area (Å²) in [5, 5.41) is 1.44. The molecule has 0 saturated heterocycles. The fourth-order valence-electron chi connectivity index (χ4n) is 3.65. The number of nitrogens with zero attached hydrogens (tertiary/aromatic N) is 1. The fourth-order valence-corrected chi connectivity index (χ4v) is 22.8. The summed E-state index contributed by atoms with van der Waals surface area (Å²) in [5.74, 6) is 2.29. The highest BCUT2D eigenvalue weighted by Gasteiger charge is 2.28. The number of hydrogen-bond donors (Lipinski definition) is 0. The van der Waals surface area contributed by atoms with Gasteiger partial charge in [0.2, 0.25) is 0 Å². The van der Waals surface area contributed by atoms with Crippen LogP contribution in [0.4, 0.5) is 5.69 Å². The minimum Gasteiger partial charge on any atom is -0.378 e. The SMILES string of the molecule is CN(C)c1ccc(-c2ccc(-c3cc(P(C)(C)=S)c(P(CP(C)(C)=S)CP(C)(C)=S)s3)s2)cc1. The third-order valence-electron chi connectivity index (χ3n) is 5.10. The molecule has 0 fully saturated rings. The second kappa shape index (κ2) is 11.3. The van der Waals surface area contributed by atoms with Crippen LogP contribution in [0.2, 0.25) is 0 Å². The molecule has 0 N–H and O–H groups in total. The van der Waals surface area contributed by atoms with E-state index in [-0.39, 0.29) is 7.92 Å². The van der Waals surface area contributed by atoms with Gasteiger partial charge in [0.15, 0.2) is 0 Å². The zero-order valence-corrected chi connectivity index (χ0v) is 28.9. The maximum absolute atomic E-state index is 6.11. The van der Waals surface area contributed by atoms with Gasteiger partial charge in [0.25, 0.3) is 0 Å². The Kier molecular flexibility index (Phi) is 9.73. The van der Waals surface area contributed by atoms with Crippen molar-refractivity contribution in [2.24, 2.45) is 0 Å². The van der Waals surface area contributed by atoms with E-state index in [1.807, 2.05) is 22.7 Å². The van der Waals surface area contributed by atoms with E-state index < -0.39 is 18.1 Å². The molecule has 0 aliphatic heterocycles. The summed E-state index contributed by atoms with van der Waals surface area (Å²) in [6.07, 6.45) is 0. The molecule has 10 heteroatoms. The lowest BCUT2D eigenvalue weighted by atomic mass is 10.1. The largest absolute Gasteiger partial charge is 0.378 e. The molecular formula is C24H35NP4S5. The topological polar surface area (TPSA) is 3.24 Å². The summed E-state index contributed by atoms with van der Waals surface area (Å²) < 4.78 is 1.54. The monoisotopic (exact) mass is 621 g/mol. The summed E-state index contributed by atoms with van der Waals surface area (Å²) in [6, 6.07) is 11.5. The Bertz CT molecular complexity index is 1260. The van der Waals surface area contributed by atoms with Crippen molar-refractivity contribution in [3.05, 3.63) is 42.5 Å². The molecule has 0 unspecified atom stereocenters. The summed E-state index contributed by atoms with van der Waals surface area (Å²) in [6.45, 7) is 13.7. The highest BCUT2D eigenvalue weighted by molar-refractivity contribution is 8.21. The van der Waals surface area contributed by atoms with Crippen LogP contribution in [0.5, 0.6) is 0 Å². The quantitative estimate of drug-likeness (QED) is 0.222. The highest BCUT2D eigenvalue weighted by Crippen LogP contribution is 2.60. The van der Waals surface area contributed by atoms with Gasteiger partial charge in [-0.05, 0) is 94.0 Å². The van der Waals surface area contributed by atoms with Crippen molar-refractivity contribution in [3.63, 3.8) is 0 Å². The van der Waals surface area contributed by atoms with Crippen molar-refractivity contribution in [3.8, 4) is 20.2 Å². The molecular weight excluding hydrogens is 587 g/mol. The predicted molar refractivity (Wildman–Crippen MR) is 182 cm³/mol. The van der Waals surface area contributed by atoms with Gasteiger partial charge in [0.05, 0.1) is 0 Å². The van der Waals surface area contributed by atoms with Crippen LogP contribution in [-0.2, 0) is 35.4 Å². The molecule has 0 aliphatic carbocycles. The lowest BCUT2D eigenvalue weighted by molar-refractivity contribution is 1.13. The lowest BCUT2D eigenvalue weighted by Crippen LogP contribution is -2.19. The van der Waals surface area contributed by atoms with Gasteiger partial charge in [-0.25, -0.2) is 0 Å². The normalized spacial score (nSPS) is 13.0. The molecule has 1 aromatic carbocycles. The zero-order valence-electron chi connectivity index (χ0n) is 21.2. The lowest BCUT2D eigenvalue weighted by Gasteiger charge is -2.26. The minimum atomic E-state index is -1.59. The summed E-state index contributed by atoms with van der Waals surface area (Å²) >= 11 is 21.9. The van der Waals surface area contributed by atoms with Crippen LogP contribution in [0.1, 0.15) is 0 Å². The average molecular weight is 622 g/mol. The Balaban J connectivity index is 2.05. The molecule has 0 saturated carbocycles. The van der Waals surface area contributed by atoms with Gasteiger partial charge in [-0.3, -0.25) is 0 Å². The standard InChI is InChI=1S/C24H35NP4S5/c1-25(2)19-11-9-18(10-12-19)21-13-14-22(33-21)23-15-20(29(7,8)32)24(34-23)26(16-27(3,4)30)17-28(5,6)31/h9-15H,16-17H2,1-8H3. The third kappa shape index (κ3) is 8.15. The summed E-state index contributed by atoms with van der Waals surface area (Å²) in [4.78, 5) is 6.14. The maximum atomic E-state index is 6.11. The van der Waals surface area contributed by atoms with E-state index in [1.54, 1.807) is 4.62 Å². The van der Waals surface area contributed by atoms with Gasteiger partial charge >= 0.3 is 0 Å². The average Bonchev–Trinajstić information content (AvgIpc) is 3.32. The van der Waals surface area contributed by atoms with Crippen LogP contribution in [0.25, 0.3) is 20.2 Å². The molecule has 0 amide bonds. The molecule has 0 atom stereocenters. The Labute approximate surface area is 231 Å². The van der Waals surface area contributed by atoms with Crippen LogP contribution in [-0.4, -0.2) is 65.9 Å². The molecule has 0 bridgehead atoms. The fraction of sp³-hybridized carbons (Fsp3) is 0.417. The number of rotatable bonds is 9. The summed E-state index contributed by atoms with van der Waals surface area (Å²) in [5.41, 5.74) is 2.49. The van der Waals surface area contributed by atoms with Crippen LogP contribution >= 0.6 is 48.7 Å². The van der Waals surface area contributed by atoms with Crippen molar-refractivity contribution in [2.75, 3.05) is 70.8 Å². The molecule has 186 valence electrons. The van der Waals surface area contributed by atoms with Gasteiger partial charge < -0.3 is 4.90 Å². The van der Waals surface area contributed by atoms with Crippen LogP contribution < -0.4 is 14.8 Å². The van der Waals surface area contributed by atoms with Crippen molar-refractivity contribution in [1.29, 1.82) is 0 Å². The molecule has 0 spiro atoms. The summed E-state index contributed by atoms with van der Waals surface area (Å²) in [7, 11) is 3.79. The molecule has 0 aliphatic rings. The number of benzene rings is 1. The van der Waals surface area contributed by atoms with E-state index in [4.69, 9.17) is 35.4 Å². The molecule has 2 aromatic heterocycles. The van der Waals surface area contributed by atoms with Gasteiger partial charge in [-0.2, -0.15) is 0 Å². The molecule has 0 radical (unpaired) electrons. The van der Waals surface area contributed by atoms with E-state index in [2.05, 4.69) is 101 Å². The third-order valence-corrected chi connectivity index (χ3v) is 21.9. The molecule has 3 rings (SSSR count). The Morgan fingerprint density at radius 3 is 1.74 bits per heavy atom. The van der Waals surface area contributed by atoms with E-state index in [9.17, 15) is 0 Å². The van der Waals surface area contributed by atoms with Crippen molar-refractivity contribution >= 4 is 99.7 Å². The predicted octanol–water partition coefficient (Wildman–Crippen LogP) is 8.07. The maximum Gasteiger partial charge on any atom is 0.0456 e. The minimum absolute atomic E-state index is 0.363. The van der Waals surface area contributed by atoms with Crippen molar-refractivity contribution < 1.29 is 0 Å².